The molecule has 0 aromatic carbocycles. The van der Waals surface area contributed by atoms with E-state index in [4.69, 9.17) is 5.11 Å². The van der Waals surface area contributed by atoms with Crippen molar-refractivity contribution < 1.29 is 9.90 Å². The van der Waals surface area contributed by atoms with E-state index in [2.05, 4.69) is 22.3 Å². The van der Waals surface area contributed by atoms with E-state index in [1.807, 2.05) is 0 Å². The van der Waals surface area contributed by atoms with Crippen LogP contribution < -0.4 is 0 Å². The second-order valence-corrected chi connectivity index (χ2v) is 5.80. The molecule has 2 heterocycles. The normalized spacial score (nSPS) is 22.8. The van der Waals surface area contributed by atoms with Crippen molar-refractivity contribution in [2.45, 2.75) is 25.7 Å². The highest BCUT2D eigenvalue weighted by atomic mass is 32.1. The van der Waals surface area contributed by atoms with Gasteiger partial charge in [-0.15, -0.1) is 11.3 Å². The van der Waals surface area contributed by atoms with Crippen molar-refractivity contribution in [3.63, 3.8) is 0 Å². The fraction of sp³-hybridized carbons (Fsp3) is 0.667. The first-order valence-corrected chi connectivity index (χ1v) is 6.80. The highest BCUT2D eigenvalue weighted by Gasteiger charge is 2.23. The average molecular weight is 254 g/mol. The number of aliphatic carboxylic acids is 1. The van der Waals surface area contributed by atoms with Crippen LogP contribution in [0.3, 0.4) is 0 Å². The molecule has 1 saturated heterocycles. The molecule has 1 N–H and O–H groups in total. The number of nitrogens with zero attached hydrogens (tertiary/aromatic N) is 2. The second kappa shape index (κ2) is 5.14. The molecule has 94 valence electrons. The molecule has 1 aliphatic heterocycles. The van der Waals surface area contributed by atoms with Crippen molar-refractivity contribution in [1.82, 2.24) is 9.88 Å². The number of likely N-dealkylation sites (tertiary alicyclic amines) is 1. The first kappa shape index (κ1) is 12.5. The van der Waals surface area contributed by atoms with Gasteiger partial charge in [0.2, 0.25) is 0 Å². The number of likely N-dealkylation sites (N-methyl/N-ethyl adjacent to an activating group) is 1. The lowest BCUT2D eigenvalue weighted by Crippen LogP contribution is -2.14. The quantitative estimate of drug-likeness (QED) is 0.890. The molecule has 1 aromatic rings. The average Bonchev–Trinajstić information content (AvgIpc) is 2.86. The van der Waals surface area contributed by atoms with Crippen LogP contribution in [0.1, 0.15) is 30.0 Å². The molecular formula is C12H18N2O2S. The Balaban J connectivity index is 1.98. The molecule has 2 unspecified atom stereocenters. The maximum Gasteiger partial charge on any atom is 0.306 e. The van der Waals surface area contributed by atoms with Gasteiger partial charge < -0.3 is 10.0 Å². The van der Waals surface area contributed by atoms with Crippen molar-refractivity contribution in [2.75, 3.05) is 20.1 Å². The third-order valence-corrected chi connectivity index (χ3v) is 4.17. The Kier molecular flexibility index (Phi) is 3.79. The van der Waals surface area contributed by atoms with E-state index in [1.165, 1.54) is 0 Å². The minimum absolute atomic E-state index is 0.347. The highest BCUT2D eigenvalue weighted by molar-refractivity contribution is 7.09. The van der Waals surface area contributed by atoms with Gasteiger partial charge in [-0.05, 0) is 20.0 Å². The van der Waals surface area contributed by atoms with E-state index >= 15 is 0 Å². The van der Waals surface area contributed by atoms with Gasteiger partial charge >= 0.3 is 5.97 Å². The lowest BCUT2D eigenvalue weighted by molar-refractivity contribution is -0.141. The molecule has 1 aliphatic rings. The van der Waals surface area contributed by atoms with Crippen LogP contribution in [0.4, 0.5) is 0 Å². The third kappa shape index (κ3) is 3.04. The third-order valence-electron chi connectivity index (χ3n) is 3.28. The molecular weight excluding hydrogens is 236 g/mol. The Morgan fingerprint density at radius 1 is 1.76 bits per heavy atom. The first-order valence-electron chi connectivity index (χ1n) is 5.92. The molecule has 4 nitrogen and oxygen atoms in total. The molecule has 1 aromatic heterocycles. The van der Waals surface area contributed by atoms with E-state index in [0.717, 1.165) is 30.2 Å². The predicted molar refractivity (Wildman–Crippen MR) is 67.5 cm³/mol. The van der Waals surface area contributed by atoms with Crippen LogP contribution in [0.5, 0.6) is 0 Å². The smallest absolute Gasteiger partial charge is 0.306 e. The number of hydrogen-bond acceptors (Lipinski definition) is 4. The first-order chi connectivity index (χ1) is 8.06. The van der Waals surface area contributed by atoms with Crippen molar-refractivity contribution in [3.8, 4) is 0 Å². The van der Waals surface area contributed by atoms with E-state index in [1.54, 1.807) is 18.3 Å². The standard InChI is InChI=1S/C12H18N2O2S/c1-8(12(15)16)5-11-13-10(7-17-11)9-3-4-14(2)6-9/h7-9H,3-6H2,1-2H3,(H,15,16). The molecule has 5 heteroatoms. The second-order valence-electron chi connectivity index (χ2n) is 4.86. The number of carbonyl (C=O) groups is 1. The van der Waals surface area contributed by atoms with Crippen LogP contribution in [0.2, 0.25) is 0 Å². The van der Waals surface area contributed by atoms with Crippen LogP contribution >= 0.6 is 11.3 Å². The van der Waals surface area contributed by atoms with Crippen molar-refractivity contribution in [1.29, 1.82) is 0 Å². The molecule has 17 heavy (non-hydrogen) atoms. The molecule has 0 saturated carbocycles. The number of aromatic nitrogens is 1. The molecule has 1 fully saturated rings. The van der Waals surface area contributed by atoms with Gasteiger partial charge in [-0.25, -0.2) is 4.98 Å². The van der Waals surface area contributed by atoms with Gasteiger partial charge in [0.25, 0.3) is 0 Å². The number of thiazole rings is 1. The fourth-order valence-electron chi connectivity index (χ4n) is 2.13. The maximum absolute atomic E-state index is 10.8. The number of carboxylic acids is 1. The number of hydrogen-bond donors (Lipinski definition) is 1. The lowest BCUT2D eigenvalue weighted by atomic mass is 10.1. The minimum atomic E-state index is -0.748. The van der Waals surface area contributed by atoms with Gasteiger partial charge in [0.05, 0.1) is 16.6 Å². The van der Waals surface area contributed by atoms with E-state index in [0.29, 0.717) is 12.3 Å². The summed E-state index contributed by atoms with van der Waals surface area (Å²) >= 11 is 1.59. The van der Waals surface area contributed by atoms with E-state index in [9.17, 15) is 4.79 Å². The van der Waals surface area contributed by atoms with Crippen LogP contribution in [-0.4, -0.2) is 41.1 Å². The molecule has 2 atom stereocenters. The zero-order valence-corrected chi connectivity index (χ0v) is 11.0. The van der Waals surface area contributed by atoms with Gasteiger partial charge in [0.1, 0.15) is 0 Å². The molecule has 2 rings (SSSR count). The largest absolute Gasteiger partial charge is 0.481 e. The zero-order chi connectivity index (χ0) is 12.4. The van der Waals surface area contributed by atoms with Gasteiger partial charge in [-0.3, -0.25) is 4.79 Å². The summed E-state index contributed by atoms with van der Waals surface area (Å²) in [5, 5.41) is 11.9. The molecule has 0 aliphatic carbocycles. The molecule has 0 amide bonds. The highest BCUT2D eigenvalue weighted by Crippen LogP contribution is 2.27. The van der Waals surface area contributed by atoms with Crippen molar-refractivity contribution in [3.05, 3.63) is 16.1 Å². The van der Waals surface area contributed by atoms with E-state index in [-0.39, 0.29) is 5.92 Å². The monoisotopic (exact) mass is 254 g/mol. The Morgan fingerprint density at radius 2 is 2.53 bits per heavy atom. The topological polar surface area (TPSA) is 53.4 Å². The van der Waals surface area contributed by atoms with Crippen LogP contribution in [0.15, 0.2) is 5.38 Å². The van der Waals surface area contributed by atoms with Gasteiger partial charge in [0.15, 0.2) is 0 Å². The Morgan fingerprint density at radius 3 is 3.12 bits per heavy atom. The zero-order valence-electron chi connectivity index (χ0n) is 10.2. The van der Waals surface area contributed by atoms with Gasteiger partial charge in [-0.2, -0.15) is 0 Å². The Hall–Kier alpha value is -0.940. The molecule has 0 radical (unpaired) electrons. The minimum Gasteiger partial charge on any atom is -0.481 e. The van der Waals surface area contributed by atoms with Gasteiger partial charge in [-0.1, -0.05) is 6.92 Å². The van der Waals surface area contributed by atoms with E-state index < -0.39 is 5.97 Å². The summed E-state index contributed by atoms with van der Waals surface area (Å²) < 4.78 is 0. The van der Waals surface area contributed by atoms with Crippen LogP contribution in [0.25, 0.3) is 0 Å². The number of carboxylic acid groups (broad SMARTS) is 1. The summed E-state index contributed by atoms with van der Waals surface area (Å²) in [6, 6.07) is 0. The summed E-state index contributed by atoms with van der Waals surface area (Å²) in [6.45, 7) is 3.92. The SMILES string of the molecule is CC(Cc1nc(C2CCN(C)C2)cs1)C(=O)O. The van der Waals surface area contributed by atoms with Crippen LogP contribution in [-0.2, 0) is 11.2 Å². The number of rotatable bonds is 4. The van der Waals surface area contributed by atoms with Gasteiger partial charge in [0, 0.05) is 24.3 Å². The van der Waals surface area contributed by atoms with Crippen LogP contribution in [0, 0.1) is 5.92 Å². The Bertz CT molecular complexity index is 405. The fourth-order valence-corrected chi connectivity index (χ4v) is 3.14. The van der Waals surface area contributed by atoms with Crippen molar-refractivity contribution in [2.24, 2.45) is 5.92 Å². The summed E-state index contributed by atoms with van der Waals surface area (Å²) in [6.07, 6.45) is 1.71. The summed E-state index contributed by atoms with van der Waals surface area (Å²) in [5.74, 6) is -0.562. The molecule has 0 bridgehead atoms. The summed E-state index contributed by atoms with van der Waals surface area (Å²) in [7, 11) is 2.12. The maximum atomic E-state index is 10.8. The lowest BCUT2D eigenvalue weighted by Gasteiger charge is -2.07. The summed E-state index contributed by atoms with van der Waals surface area (Å²) in [4.78, 5) is 17.7. The van der Waals surface area contributed by atoms with Crippen molar-refractivity contribution >= 4 is 17.3 Å². The summed E-state index contributed by atoms with van der Waals surface area (Å²) in [5.41, 5.74) is 1.15. The molecule has 0 spiro atoms. The predicted octanol–water partition coefficient (Wildman–Crippen LogP) is 1.83. The Labute approximate surface area is 105 Å².